The summed E-state index contributed by atoms with van der Waals surface area (Å²) in [6, 6.07) is 7.05. The normalized spacial score (nSPS) is 11.1. The van der Waals surface area contributed by atoms with Crippen molar-refractivity contribution in [3.05, 3.63) is 54.0 Å². The number of anilines is 1. The lowest BCUT2D eigenvalue weighted by atomic mass is 10.1. The van der Waals surface area contributed by atoms with Crippen LogP contribution in [-0.2, 0) is 6.54 Å². The molecule has 0 amide bonds. The summed E-state index contributed by atoms with van der Waals surface area (Å²) in [5.74, 6) is 0.772. The first-order valence-electron chi connectivity index (χ1n) is 7.92. The molecule has 0 unspecified atom stereocenters. The summed E-state index contributed by atoms with van der Waals surface area (Å²) in [6.45, 7) is 5.72. The highest BCUT2D eigenvalue weighted by Gasteiger charge is 2.07. The second kappa shape index (κ2) is 6.77. The molecule has 2 heterocycles. The van der Waals surface area contributed by atoms with Crippen molar-refractivity contribution >= 4 is 16.6 Å². The third-order valence-corrected chi connectivity index (χ3v) is 3.98. The molecule has 0 bridgehead atoms. The van der Waals surface area contributed by atoms with Crippen molar-refractivity contribution in [1.82, 2.24) is 14.5 Å². The van der Waals surface area contributed by atoms with Crippen LogP contribution in [0, 0.1) is 19.7 Å². The number of hydrogen-bond acceptors (Lipinski definition) is 3. The molecule has 23 heavy (non-hydrogen) atoms. The molecule has 1 aromatic carbocycles. The number of rotatable bonds is 6. The van der Waals surface area contributed by atoms with Crippen LogP contribution in [-0.4, -0.2) is 21.1 Å². The predicted octanol–water partition coefficient (Wildman–Crippen LogP) is 4.08. The average Bonchev–Trinajstić information content (AvgIpc) is 2.93. The van der Waals surface area contributed by atoms with E-state index in [1.54, 1.807) is 6.07 Å². The zero-order valence-corrected chi connectivity index (χ0v) is 13.5. The van der Waals surface area contributed by atoms with Crippen LogP contribution in [0.2, 0.25) is 0 Å². The number of unbranched alkanes of at least 4 members (excludes halogenated alkanes) is 1. The van der Waals surface area contributed by atoms with Crippen LogP contribution >= 0.6 is 0 Å². The van der Waals surface area contributed by atoms with Gasteiger partial charge in [-0.25, -0.2) is 14.4 Å². The van der Waals surface area contributed by atoms with E-state index < -0.39 is 0 Å². The number of benzene rings is 1. The van der Waals surface area contributed by atoms with Gasteiger partial charge in [-0.05, 0) is 38.8 Å². The number of nitrogens with zero attached hydrogens (tertiary/aromatic N) is 3. The molecule has 3 rings (SSSR count). The molecule has 2 aromatic heterocycles. The minimum absolute atomic E-state index is 0.273. The summed E-state index contributed by atoms with van der Waals surface area (Å²) in [6.07, 6.45) is 5.94. The number of aromatic nitrogens is 3. The second-order valence-corrected chi connectivity index (χ2v) is 5.75. The van der Waals surface area contributed by atoms with Crippen LogP contribution in [0.3, 0.4) is 0 Å². The van der Waals surface area contributed by atoms with Crippen LogP contribution in [0.4, 0.5) is 10.1 Å². The minimum atomic E-state index is -0.273. The summed E-state index contributed by atoms with van der Waals surface area (Å²) >= 11 is 0. The van der Waals surface area contributed by atoms with Crippen LogP contribution in [0.15, 0.2) is 36.7 Å². The lowest BCUT2D eigenvalue weighted by Gasteiger charge is -2.11. The molecule has 0 radical (unpaired) electrons. The Morgan fingerprint density at radius 3 is 2.87 bits per heavy atom. The van der Waals surface area contributed by atoms with E-state index in [0.717, 1.165) is 48.5 Å². The first-order valence-corrected chi connectivity index (χ1v) is 7.92. The molecule has 0 aliphatic carbocycles. The highest BCUT2D eigenvalue weighted by molar-refractivity contribution is 5.91. The van der Waals surface area contributed by atoms with Crippen molar-refractivity contribution in [2.45, 2.75) is 33.2 Å². The van der Waals surface area contributed by atoms with Crippen molar-refractivity contribution in [1.29, 1.82) is 0 Å². The van der Waals surface area contributed by atoms with E-state index in [-0.39, 0.29) is 5.82 Å². The van der Waals surface area contributed by atoms with Gasteiger partial charge in [-0.3, -0.25) is 0 Å². The number of imidazole rings is 1. The van der Waals surface area contributed by atoms with Crippen LogP contribution in [0.1, 0.15) is 24.4 Å². The molecule has 0 saturated carbocycles. The van der Waals surface area contributed by atoms with Gasteiger partial charge in [0.1, 0.15) is 17.2 Å². The predicted molar refractivity (Wildman–Crippen MR) is 91.1 cm³/mol. The van der Waals surface area contributed by atoms with Gasteiger partial charge in [0.25, 0.3) is 0 Å². The Morgan fingerprint density at radius 2 is 2.09 bits per heavy atom. The highest BCUT2D eigenvalue weighted by atomic mass is 19.1. The number of nitrogens with one attached hydrogen (secondary N) is 1. The minimum Gasteiger partial charge on any atom is -0.384 e. The standard InChI is InChI=1S/C18H21FN4/c1-13-12-17(15-6-5-7-16(19)18(15)22-13)21-8-3-4-10-23-11-9-20-14(23)2/h5-7,9,11-12H,3-4,8,10H2,1-2H3,(H,21,22). The van der Waals surface area contributed by atoms with E-state index in [9.17, 15) is 4.39 Å². The van der Waals surface area contributed by atoms with Gasteiger partial charge >= 0.3 is 0 Å². The Kier molecular flexibility index (Phi) is 4.55. The maximum Gasteiger partial charge on any atom is 0.149 e. The maximum absolute atomic E-state index is 13.9. The first-order chi connectivity index (χ1) is 11.1. The van der Waals surface area contributed by atoms with Crippen molar-refractivity contribution in [2.75, 3.05) is 11.9 Å². The molecule has 0 fully saturated rings. The van der Waals surface area contributed by atoms with Gasteiger partial charge in [-0.2, -0.15) is 0 Å². The number of aryl methyl sites for hydroxylation is 3. The average molecular weight is 312 g/mol. The maximum atomic E-state index is 13.9. The SMILES string of the molecule is Cc1cc(NCCCCn2ccnc2C)c2cccc(F)c2n1. The molecular formula is C18H21FN4. The van der Waals surface area contributed by atoms with E-state index in [4.69, 9.17) is 0 Å². The van der Waals surface area contributed by atoms with Gasteiger partial charge in [0, 0.05) is 42.3 Å². The van der Waals surface area contributed by atoms with E-state index >= 15 is 0 Å². The summed E-state index contributed by atoms with van der Waals surface area (Å²) in [5.41, 5.74) is 2.20. The first kappa shape index (κ1) is 15.5. The Hall–Kier alpha value is -2.43. The number of halogens is 1. The lowest BCUT2D eigenvalue weighted by Crippen LogP contribution is -2.06. The Balaban J connectivity index is 1.61. The Bertz CT molecular complexity index is 810. The van der Waals surface area contributed by atoms with Crippen molar-refractivity contribution in [2.24, 2.45) is 0 Å². The van der Waals surface area contributed by atoms with E-state index in [1.165, 1.54) is 6.07 Å². The molecule has 4 nitrogen and oxygen atoms in total. The molecule has 120 valence electrons. The van der Waals surface area contributed by atoms with Crippen molar-refractivity contribution in [3.8, 4) is 0 Å². The number of hydrogen-bond donors (Lipinski definition) is 1. The Morgan fingerprint density at radius 1 is 1.22 bits per heavy atom. The number of pyridine rings is 1. The van der Waals surface area contributed by atoms with Gasteiger partial charge in [-0.15, -0.1) is 0 Å². The third-order valence-electron chi connectivity index (χ3n) is 3.98. The summed E-state index contributed by atoms with van der Waals surface area (Å²) in [7, 11) is 0. The largest absolute Gasteiger partial charge is 0.384 e. The van der Waals surface area contributed by atoms with Gasteiger partial charge in [0.15, 0.2) is 0 Å². The Labute approximate surface area is 135 Å². The molecule has 0 spiro atoms. The van der Waals surface area contributed by atoms with Crippen molar-refractivity contribution in [3.63, 3.8) is 0 Å². The molecular weight excluding hydrogens is 291 g/mol. The van der Waals surface area contributed by atoms with Crippen LogP contribution in [0.25, 0.3) is 10.9 Å². The molecule has 3 aromatic rings. The van der Waals surface area contributed by atoms with Gasteiger partial charge in [0.05, 0.1) is 0 Å². The van der Waals surface area contributed by atoms with E-state index in [1.807, 2.05) is 38.4 Å². The van der Waals surface area contributed by atoms with Gasteiger partial charge < -0.3 is 9.88 Å². The van der Waals surface area contributed by atoms with E-state index in [2.05, 4.69) is 19.9 Å². The third kappa shape index (κ3) is 3.50. The molecule has 0 aliphatic heterocycles. The lowest BCUT2D eigenvalue weighted by molar-refractivity contribution is 0.607. The quantitative estimate of drug-likeness (QED) is 0.697. The van der Waals surface area contributed by atoms with E-state index in [0.29, 0.717) is 5.52 Å². The monoisotopic (exact) mass is 312 g/mol. The van der Waals surface area contributed by atoms with Gasteiger partial charge in [-0.1, -0.05) is 12.1 Å². The number of para-hydroxylation sites is 1. The fraction of sp³-hybridized carbons (Fsp3) is 0.333. The van der Waals surface area contributed by atoms with Gasteiger partial charge in [0.2, 0.25) is 0 Å². The number of fused-ring (bicyclic) bond motifs is 1. The summed E-state index contributed by atoms with van der Waals surface area (Å²) in [4.78, 5) is 8.52. The molecule has 5 heteroatoms. The van der Waals surface area contributed by atoms with Crippen LogP contribution in [0.5, 0.6) is 0 Å². The molecule has 0 aliphatic rings. The second-order valence-electron chi connectivity index (χ2n) is 5.75. The topological polar surface area (TPSA) is 42.7 Å². The fourth-order valence-corrected chi connectivity index (χ4v) is 2.76. The van der Waals surface area contributed by atoms with Crippen molar-refractivity contribution < 1.29 is 4.39 Å². The molecule has 0 atom stereocenters. The summed E-state index contributed by atoms with van der Waals surface area (Å²) < 4.78 is 16.0. The smallest absolute Gasteiger partial charge is 0.149 e. The fourth-order valence-electron chi connectivity index (χ4n) is 2.76. The van der Waals surface area contributed by atoms with Crippen LogP contribution < -0.4 is 5.32 Å². The summed E-state index contributed by atoms with van der Waals surface area (Å²) in [5, 5.41) is 4.25. The zero-order valence-electron chi connectivity index (χ0n) is 13.5. The zero-order chi connectivity index (χ0) is 16.2. The molecule has 1 N–H and O–H groups in total. The highest BCUT2D eigenvalue weighted by Crippen LogP contribution is 2.25. The molecule has 0 saturated heterocycles.